The topological polar surface area (TPSA) is 64.7 Å². The number of carbonyl (C=O) groups excluding carboxylic acids is 1. The zero-order chi connectivity index (χ0) is 22.6. The van der Waals surface area contributed by atoms with Crippen LogP contribution < -0.4 is 5.32 Å². The first-order chi connectivity index (χ1) is 16.2. The molecule has 0 aliphatic heterocycles. The maximum absolute atomic E-state index is 13.2. The maximum atomic E-state index is 13.2. The Bertz CT molecular complexity index is 1390. The minimum absolute atomic E-state index is 0.274. The summed E-state index contributed by atoms with van der Waals surface area (Å²) in [5.41, 5.74) is 3.84. The number of halogens is 1. The zero-order valence-corrected chi connectivity index (χ0v) is 18.4. The third-order valence-electron chi connectivity index (χ3n) is 5.14. The van der Waals surface area contributed by atoms with Crippen LogP contribution in [0.15, 0.2) is 103 Å². The summed E-state index contributed by atoms with van der Waals surface area (Å²) >= 11 is 6.07. The van der Waals surface area contributed by atoms with Gasteiger partial charge in [0.25, 0.3) is 5.91 Å². The molecule has 0 aliphatic carbocycles. The van der Waals surface area contributed by atoms with Gasteiger partial charge in [0.05, 0.1) is 17.8 Å². The van der Waals surface area contributed by atoms with Gasteiger partial charge in [0.1, 0.15) is 5.69 Å². The molecule has 1 N–H and O–H groups in total. The van der Waals surface area contributed by atoms with Crippen molar-refractivity contribution in [1.29, 1.82) is 0 Å². The van der Waals surface area contributed by atoms with Crippen LogP contribution in [0.25, 0.3) is 16.9 Å². The summed E-state index contributed by atoms with van der Waals surface area (Å²) in [5.74, 6) is 0.192. The van der Waals surface area contributed by atoms with Crippen molar-refractivity contribution in [3.63, 3.8) is 0 Å². The van der Waals surface area contributed by atoms with Crippen molar-refractivity contribution in [1.82, 2.24) is 19.6 Å². The Balaban J connectivity index is 1.41. The summed E-state index contributed by atoms with van der Waals surface area (Å²) in [6.45, 7) is 0.553. The van der Waals surface area contributed by atoms with Crippen LogP contribution in [-0.2, 0) is 6.54 Å². The van der Waals surface area contributed by atoms with Gasteiger partial charge in [0.2, 0.25) is 0 Å². The van der Waals surface area contributed by atoms with E-state index in [4.69, 9.17) is 16.7 Å². The van der Waals surface area contributed by atoms with Crippen LogP contribution in [0, 0.1) is 0 Å². The second-order valence-corrected chi connectivity index (χ2v) is 7.96. The summed E-state index contributed by atoms with van der Waals surface area (Å²) in [4.78, 5) is 13.2. The van der Waals surface area contributed by atoms with E-state index in [1.54, 1.807) is 21.6 Å². The highest BCUT2D eigenvalue weighted by Gasteiger charge is 2.19. The zero-order valence-electron chi connectivity index (χ0n) is 17.6. The van der Waals surface area contributed by atoms with Crippen molar-refractivity contribution < 1.29 is 4.79 Å². The highest BCUT2D eigenvalue weighted by atomic mass is 35.5. The number of anilines is 1. The maximum Gasteiger partial charge on any atom is 0.260 e. The molecule has 0 saturated carbocycles. The lowest BCUT2D eigenvalue weighted by Gasteiger charge is -2.04. The Hall–Kier alpha value is -4.16. The average Bonchev–Trinajstić information content (AvgIpc) is 3.48. The quantitative estimate of drug-likeness (QED) is 0.359. The van der Waals surface area contributed by atoms with Crippen molar-refractivity contribution in [2.24, 2.45) is 0 Å². The third-order valence-corrected chi connectivity index (χ3v) is 5.38. The Morgan fingerprint density at radius 2 is 1.64 bits per heavy atom. The third kappa shape index (κ3) is 4.71. The number of rotatable bonds is 6. The number of nitrogens with one attached hydrogen (secondary N) is 1. The second kappa shape index (κ2) is 9.14. The van der Waals surface area contributed by atoms with Crippen LogP contribution in [0.1, 0.15) is 15.9 Å². The Morgan fingerprint density at radius 3 is 2.39 bits per heavy atom. The van der Waals surface area contributed by atoms with Crippen molar-refractivity contribution >= 4 is 23.3 Å². The Labute approximate surface area is 196 Å². The predicted molar refractivity (Wildman–Crippen MR) is 130 cm³/mol. The van der Waals surface area contributed by atoms with Crippen LogP contribution in [0.3, 0.4) is 0 Å². The lowest BCUT2D eigenvalue weighted by Crippen LogP contribution is -2.13. The van der Waals surface area contributed by atoms with Crippen LogP contribution in [-0.4, -0.2) is 25.5 Å². The number of carbonyl (C=O) groups is 1. The monoisotopic (exact) mass is 453 g/mol. The summed E-state index contributed by atoms with van der Waals surface area (Å²) < 4.78 is 3.47. The molecule has 0 spiro atoms. The first-order valence-electron chi connectivity index (χ1n) is 10.5. The Kier molecular flexibility index (Phi) is 5.74. The molecular weight excluding hydrogens is 434 g/mol. The van der Waals surface area contributed by atoms with Crippen molar-refractivity contribution in [2.45, 2.75) is 6.54 Å². The van der Waals surface area contributed by atoms with E-state index in [0.717, 1.165) is 16.8 Å². The molecule has 2 heterocycles. The molecule has 0 fully saturated rings. The normalized spacial score (nSPS) is 10.8. The van der Waals surface area contributed by atoms with Gasteiger partial charge in [-0.25, -0.2) is 4.68 Å². The van der Waals surface area contributed by atoms with Crippen LogP contribution >= 0.6 is 11.6 Å². The van der Waals surface area contributed by atoms with Gasteiger partial charge in [-0.2, -0.15) is 10.2 Å². The summed E-state index contributed by atoms with van der Waals surface area (Å²) in [6, 6.07) is 28.8. The van der Waals surface area contributed by atoms with Gasteiger partial charge in [-0.05, 0) is 29.8 Å². The highest BCUT2D eigenvalue weighted by Crippen LogP contribution is 2.24. The fourth-order valence-corrected chi connectivity index (χ4v) is 3.80. The molecule has 7 heteroatoms. The van der Waals surface area contributed by atoms with Crippen LogP contribution in [0.4, 0.5) is 5.82 Å². The lowest BCUT2D eigenvalue weighted by atomic mass is 10.1. The van der Waals surface area contributed by atoms with E-state index in [0.29, 0.717) is 28.6 Å². The smallest absolute Gasteiger partial charge is 0.260 e. The molecule has 0 unspecified atom stereocenters. The van der Waals surface area contributed by atoms with Crippen molar-refractivity contribution in [2.75, 3.05) is 5.32 Å². The first kappa shape index (κ1) is 20.7. The summed E-state index contributed by atoms with van der Waals surface area (Å²) in [5, 5.41) is 12.8. The van der Waals surface area contributed by atoms with E-state index >= 15 is 0 Å². The summed E-state index contributed by atoms with van der Waals surface area (Å²) in [6.07, 6.45) is 3.57. The van der Waals surface area contributed by atoms with Gasteiger partial charge < -0.3 is 5.32 Å². The molecular formula is C26H20ClN5O. The van der Waals surface area contributed by atoms with Crippen LogP contribution in [0.5, 0.6) is 0 Å². The molecule has 1 amide bonds. The minimum atomic E-state index is -0.274. The molecule has 0 atom stereocenters. The molecule has 0 saturated heterocycles. The number of para-hydroxylation sites is 1. The fourth-order valence-electron chi connectivity index (χ4n) is 3.58. The highest BCUT2D eigenvalue weighted by molar-refractivity contribution is 6.30. The number of amides is 1. The number of nitrogens with zero attached hydrogens (tertiary/aromatic N) is 4. The molecule has 162 valence electrons. The molecule has 5 aromatic rings. The van der Waals surface area contributed by atoms with Crippen molar-refractivity contribution in [3.8, 4) is 16.9 Å². The summed E-state index contributed by atoms with van der Waals surface area (Å²) in [7, 11) is 0. The van der Waals surface area contributed by atoms with E-state index in [9.17, 15) is 4.79 Å². The predicted octanol–water partition coefficient (Wildman–Crippen LogP) is 5.69. The van der Waals surface area contributed by atoms with Gasteiger partial charge in [0, 0.05) is 29.0 Å². The van der Waals surface area contributed by atoms with E-state index in [1.165, 1.54) is 0 Å². The molecule has 33 heavy (non-hydrogen) atoms. The van der Waals surface area contributed by atoms with Gasteiger partial charge in [-0.15, -0.1) is 0 Å². The second-order valence-electron chi connectivity index (χ2n) is 7.52. The van der Waals surface area contributed by atoms with Crippen LogP contribution in [0.2, 0.25) is 5.02 Å². The van der Waals surface area contributed by atoms with E-state index in [-0.39, 0.29) is 5.91 Å². The molecule has 0 radical (unpaired) electrons. The SMILES string of the molecule is O=C(Nc1ccn(Cc2cccc(Cl)c2)n1)c1cn(-c2ccccc2)nc1-c1ccccc1. The molecule has 2 aromatic heterocycles. The van der Waals surface area contributed by atoms with E-state index in [2.05, 4.69) is 10.4 Å². The van der Waals surface area contributed by atoms with Gasteiger partial charge in [-0.1, -0.05) is 72.3 Å². The number of hydrogen-bond donors (Lipinski definition) is 1. The largest absolute Gasteiger partial charge is 0.305 e. The van der Waals surface area contributed by atoms with Crippen molar-refractivity contribution in [3.05, 3.63) is 120 Å². The molecule has 0 aliphatic rings. The lowest BCUT2D eigenvalue weighted by molar-refractivity contribution is 0.102. The Morgan fingerprint density at radius 1 is 0.879 bits per heavy atom. The standard InChI is InChI=1S/C26H20ClN5O/c27-21-11-7-8-19(16-21)17-31-15-14-24(29-31)28-26(33)23-18-32(22-12-5-2-6-13-22)30-25(23)20-9-3-1-4-10-20/h1-16,18H,17H2,(H,28,29,33). The molecule has 3 aromatic carbocycles. The first-order valence-corrected chi connectivity index (χ1v) is 10.8. The minimum Gasteiger partial charge on any atom is -0.305 e. The number of aromatic nitrogens is 4. The van der Waals surface area contributed by atoms with Gasteiger partial charge in [-0.3, -0.25) is 9.48 Å². The van der Waals surface area contributed by atoms with Gasteiger partial charge >= 0.3 is 0 Å². The van der Waals surface area contributed by atoms with E-state index in [1.807, 2.05) is 91.1 Å². The van der Waals surface area contributed by atoms with E-state index < -0.39 is 0 Å². The van der Waals surface area contributed by atoms with Gasteiger partial charge in [0.15, 0.2) is 5.82 Å². The number of hydrogen-bond acceptors (Lipinski definition) is 3. The molecule has 0 bridgehead atoms. The molecule has 5 rings (SSSR count). The number of benzene rings is 3. The fraction of sp³-hybridized carbons (Fsp3) is 0.0385. The molecule has 6 nitrogen and oxygen atoms in total. The average molecular weight is 454 g/mol.